The quantitative estimate of drug-likeness (QED) is 0.434. The fourth-order valence-electron chi connectivity index (χ4n) is 4.20. The van der Waals surface area contributed by atoms with Crippen LogP contribution in [-0.4, -0.2) is 29.7 Å². The fourth-order valence-corrected chi connectivity index (χ4v) is 5.27. The third-order valence-electron chi connectivity index (χ3n) is 5.86. The highest BCUT2D eigenvalue weighted by Crippen LogP contribution is 2.45. The van der Waals surface area contributed by atoms with Crippen LogP contribution in [0.5, 0.6) is 5.75 Å². The molecule has 5 aromatic rings. The third kappa shape index (κ3) is 3.08. The van der Waals surface area contributed by atoms with Crippen LogP contribution in [0.25, 0.3) is 31.7 Å². The van der Waals surface area contributed by atoms with E-state index in [1.807, 2.05) is 6.07 Å². The number of aromatic nitrogens is 5. The average Bonchev–Trinajstić information content (AvgIpc) is 3.36. The van der Waals surface area contributed by atoms with Gasteiger partial charge in [0.05, 0.1) is 29.0 Å². The summed E-state index contributed by atoms with van der Waals surface area (Å²) >= 11 is 1.29. The van der Waals surface area contributed by atoms with Gasteiger partial charge in [0, 0.05) is 17.5 Å². The summed E-state index contributed by atoms with van der Waals surface area (Å²) < 4.78 is 16.3. The first kappa shape index (κ1) is 19.1. The summed E-state index contributed by atoms with van der Waals surface area (Å²) in [6.07, 6.45) is 5.17. The van der Waals surface area contributed by atoms with Crippen LogP contribution in [0.3, 0.4) is 0 Å². The Morgan fingerprint density at radius 2 is 1.94 bits per heavy atom. The highest BCUT2D eigenvalue weighted by atomic mass is 32.1. The molecule has 1 aliphatic rings. The van der Waals surface area contributed by atoms with Crippen LogP contribution in [0.4, 0.5) is 4.39 Å². The molecule has 1 saturated carbocycles. The Kier molecular flexibility index (Phi) is 4.32. The maximum Gasteiger partial charge on any atom is 0.263 e. The molecule has 7 nitrogen and oxygen atoms in total. The van der Waals surface area contributed by atoms with Crippen molar-refractivity contribution in [1.29, 1.82) is 0 Å². The number of halogens is 1. The molecule has 0 radical (unpaired) electrons. The van der Waals surface area contributed by atoms with E-state index in [1.54, 1.807) is 41.2 Å². The number of phenolic OH excluding ortho intramolecular Hbond substituents is 1. The predicted molar refractivity (Wildman–Crippen MR) is 120 cm³/mol. The lowest BCUT2D eigenvalue weighted by Crippen LogP contribution is -2.26. The van der Waals surface area contributed by atoms with Gasteiger partial charge in [0.2, 0.25) is 0 Å². The van der Waals surface area contributed by atoms with E-state index >= 15 is 0 Å². The first-order valence-corrected chi connectivity index (χ1v) is 11.2. The Morgan fingerprint density at radius 1 is 1.12 bits per heavy atom. The summed E-state index contributed by atoms with van der Waals surface area (Å²) in [5, 5.41) is 19.7. The predicted octanol–water partition coefficient (Wildman–Crippen LogP) is 4.29. The number of benzene rings is 2. The molecule has 0 bridgehead atoms. The lowest BCUT2D eigenvalue weighted by Gasteiger charge is -2.15. The van der Waals surface area contributed by atoms with E-state index in [9.17, 15) is 14.3 Å². The maximum absolute atomic E-state index is 14.1. The van der Waals surface area contributed by atoms with Crippen LogP contribution in [0, 0.1) is 5.82 Å². The normalized spacial score (nSPS) is 13.9. The number of aromatic hydroxyl groups is 1. The molecule has 0 aliphatic heterocycles. The Balaban J connectivity index is 1.63. The molecular formula is C23H18FN5O2S. The van der Waals surface area contributed by atoms with Crippen molar-refractivity contribution in [2.24, 2.45) is 0 Å². The van der Waals surface area contributed by atoms with Crippen LogP contribution in [0.15, 0.2) is 53.6 Å². The molecule has 0 spiro atoms. The van der Waals surface area contributed by atoms with Crippen LogP contribution in [-0.2, 0) is 13.1 Å². The van der Waals surface area contributed by atoms with Crippen LogP contribution in [0.2, 0.25) is 0 Å². The summed E-state index contributed by atoms with van der Waals surface area (Å²) in [5.41, 5.74) is 1.45. The van der Waals surface area contributed by atoms with Gasteiger partial charge in [-0.25, -0.2) is 9.37 Å². The second-order valence-corrected chi connectivity index (χ2v) is 8.96. The Hall–Kier alpha value is -3.59. The molecule has 0 amide bonds. The first-order chi connectivity index (χ1) is 15.6. The van der Waals surface area contributed by atoms with Gasteiger partial charge in [0.25, 0.3) is 5.56 Å². The van der Waals surface area contributed by atoms with Crippen molar-refractivity contribution < 1.29 is 9.50 Å². The lowest BCUT2D eigenvalue weighted by atomic mass is 10.0. The molecule has 160 valence electrons. The van der Waals surface area contributed by atoms with Gasteiger partial charge in [-0.05, 0) is 48.6 Å². The molecule has 3 aromatic heterocycles. The standard InChI is InChI=1S/C23H18FN5O2S/c24-14-6-7-15(17(12-14)13-4-5-13)21-27-22-19(16-2-1-3-18(30)20(16)32-22)23(31)28(21)10-11-29-25-8-9-26-29/h1-3,6-9,12-13,30H,4-5,10-11H2. The van der Waals surface area contributed by atoms with E-state index in [2.05, 4.69) is 10.2 Å². The van der Waals surface area contributed by atoms with Gasteiger partial charge in [0.15, 0.2) is 0 Å². The van der Waals surface area contributed by atoms with Gasteiger partial charge in [-0.3, -0.25) is 9.36 Å². The summed E-state index contributed by atoms with van der Waals surface area (Å²) in [4.78, 5) is 20.7. The van der Waals surface area contributed by atoms with Gasteiger partial charge >= 0.3 is 0 Å². The van der Waals surface area contributed by atoms with Gasteiger partial charge < -0.3 is 5.11 Å². The fraction of sp³-hybridized carbons (Fsp3) is 0.217. The third-order valence-corrected chi connectivity index (χ3v) is 6.98. The molecule has 32 heavy (non-hydrogen) atoms. The Bertz CT molecular complexity index is 1540. The SMILES string of the molecule is O=c1c2c(nc(-c3ccc(F)cc3C3CC3)n1CCn1nccn1)sc1c(O)cccc12. The summed E-state index contributed by atoms with van der Waals surface area (Å²) in [6, 6.07) is 9.83. The Morgan fingerprint density at radius 3 is 2.72 bits per heavy atom. The summed E-state index contributed by atoms with van der Waals surface area (Å²) in [5.74, 6) is 0.612. The first-order valence-electron chi connectivity index (χ1n) is 10.4. The number of hydrogen-bond acceptors (Lipinski definition) is 6. The van der Waals surface area contributed by atoms with Crippen molar-refractivity contribution in [3.63, 3.8) is 0 Å². The van der Waals surface area contributed by atoms with Crippen LogP contribution >= 0.6 is 11.3 Å². The van der Waals surface area contributed by atoms with Crippen molar-refractivity contribution in [3.05, 3.63) is 70.5 Å². The zero-order chi connectivity index (χ0) is 21.8. The summed E-state index contributed by atoms with van der Waals surface area (Å²) in [7, 11) is 0. The minimum atomic E-state index is -0.293. The van der Waals surface area contributed by atoms with Crippen molar-refractivity contribution in [2.45, 2.75) is 31.8 Å². The van der Waals surface area contributed by atoms with Crippen LogP contribution in [0.1, 0.15) is 24.3 Å². The minimum Gasteiger partial charge on any atom is -0.506 e. The van der Waals surface area contributed by atoms with Crippen LogP contribution < -0.4 is 5.56 Å². The molecule has 2 aromatic carbocycles. The smallest absolute Gasteiger partial charge is 0.263 e. The molecule has 0 atom stereocenters. The highest BCUT2D eigenvalue weighted by molar-refractivity contribution is 7.25. The van der Waals surface area contributed by atoms with E-state index in [0.717, 1.165) is 24.0 Å². The molecule has 0 unspecified atom stereocenters. The number of rotatable bonds is 5. The lowest BCUT2D eigenvalue weighted by molar-refractivity contribution is 0.476. The van der Waals surface area contributed by atoms with E-state index in [4.69, 9.17) is 4.98 Å². The topological polar surface area (TPSA) is 85.8 Å². The highest BCUT2D eigenvalue weighted by Gasteiger charge is 2.29. The number of fused-ring (bicyclic) bond motifs is 3. The van der Waals surface area contributed by atoms with E-state index in [-0.39, 0.29) is 23.0 Å². The minimum absolute atomic E-state index is 0.124. The zero-order valence-corrected chi connectivity index (χ0v) is 17.7. The largest absolute Gasteiger partial charge is 0.506 e. The van der Waals surface area contributed by atoms with Crippen molar-refractivity contribution in [2.75, 3.05) is 0 Å². The van der Waals surface area contributed by atoms with Crippen molar-refractivity contribution >= 4 is 31.6 Å². The van der Waals surface area contributed by atoms with E-state index in [1.165, 1.54) is 22.2 Å². The molecule has 3 heterocycles. The molecule has 0 saturated heterocycles. The molecule has 1 fully saturated rings. The number of thiophene rings is 1. The van der Waals surface area contributed by atoms with Crippen molar-refractivity contribution in [3.8, 4) is 17.1 Å². The number of hydrogen-bond donors (Lipinski definition) is 1. The molecular weight excluding hydrogens is 429 g/mol. The number of phenols is 1. The second-order valence-electron chi connectivity index (χ2n) is 7.96. The molecule has 9 heteroatoms. The maximum atomic E-state index is 14.1. The zero-order valence-electron chi connectivity index (χ0n) is 16.9. The molecule has 1 aliphatic carbocycles. The van der Waals surface area contributed by atoms with E-state index in [0.29, 0.717) is 39.2 Å². The number of aryl methyl sites for hydroxylation is 1. The second kappa shape index (κ2) is 7.23. The average molecular weight is 447 g/mol. The van der Waals surface area contributed by atoms with Gasteiger partial charge in [0.1, 0.15) is 22.2 Å². The summed E-state index contributed by atoms with van der Waals surface area (Å²) in [6.45, 7) is 0.698. The van der Waals surface area contributed by atoms with Crippen molar-refractivity contribution in [1.82, 2.24) is 24.5 Å². The van der Waals surface area contributed by atoms with E-state index < -0.39 is 0 Å². The van der Waals surface area contributed by atoms with Gasteiger partial charge in [-0.15, -0.1) is 11.3 Å². The number of nitrogens with zero attached hydrogens (tertiary/aromatic N) is 5. The van der Waals surface area contributed by atoms with Gasteiger partial charge in [-0.1, -0.05) is 12.1 Å². The molecule has 1 N–H and O–H groups in total. The monoisotopic (exact) mass is 447 g/mol. The molecule has 6 rings (SSSR count). The Labute approximate surface area is 185 Å². The van der Waals surface area contributed by atoms with Gasteiger partial charge in [-0.2, -0.15) is 15.0 Å².